The van der Waals surface area contributed by atoms with Crippen molar-refractivity contribution in [2.45, 2.75) is 10.9 Å². The van der Waals surface area contributed by atoms with Gasteiger partial charge >= 0.3 is 0 Å². The van der Waals surface area contributed by atoms with Crippen LogP contribution in [0, 0.1) is 0 Å². The van der Waals surface area contributed by atoms with E-state index in [9.17, 15) is 0 Å². The normalized spacial score (nSPS) is 11.0. The van der Waals surface area contributed by atoms with Crippen LogP contribution in [0.2, 0.25) is 0 Å². The second-order valence-corrected chi connectivity index (χ2v) is 5.03. The molecule has 3 heterocycles. The molecule has 3 nitrogen and oxygen atoms in total. The Morgan fingerprint density at radius 3 is 3.12 bits per heavy atom. The summed E-state index contributed by atoms with van der Waals surface area (Å²) in [4.78, 5) is 12.0. The average Bonchev–Trinajstić information content (AvgIpc) is 2.88. The number of thioether (sulfide) groups is 1. The maximum Gasteiger partial charge on any atom is 0.166 e. The van der Waals surface area contributed by atoms with Crippen molar-refractivity contribution in [1.82, 2.24) is 15.0 Å². The zero-order valence-corrected chi connectivity index (χ0v) is 10.0. The van der Waals surface area contributed by atoms with Crippen LogP contribution in [0.5, 0.6) is 0 Å². The molecule has 0 unspecified atom stereocenters. The largest absolute Gasteiger partial charge is 0.332 e. The molecule has 80 valence electrons. The standard InChI is InChI=1S/C11H9N3S2/c1-2-4-12-8(3-1)5-16-11-13-9-6-15-7-10(9)14-11/h1-4,6-7H,5H2,(H,13,14). The van der Waals surface area contributed by atoms with E-state index in [-0.39, 0.29) is 0 Å². The van der Waals surface area contributed by atoms with Crippen LogP contribution in [0.4, 0.5) is 0 Å². The number of rotatable bonds is 3. The fraction of sp³-hybridized carbons (Fsp3) is 0.0909. The van der Waals surface area contributed by atoms with Gasteiger partial charge in [0.15, 0.2) is 5.16 Å². The lowest BCUT2D eigenvalue weighted by molar-refractivity contribution is 1.07. The van der Waals surface area contributed by atoms with E-state index in [1.807, 2.05) is 24.4 Å². The van der Waals surface area contributed by atoms with Gasteiger partial charge in [-0.2, -0.15) is 0 Å². The van der Waals surface area contributed by atoms with E-state index >= 15 is 0 Å². The lowest BCUT2D eigenvalue weighted by Crippen LogP contribution is -1.85. The van der Waals surface area contributed by atoms with Crippen LogP contribution in [-0.2, 0) is 5.75 Å². The summed E-state index contributed by atoms with van der Waals surface area (Å²) in [6, 6.07) is 5.96. The number of thiophene rings is 1. The van der Waals surface area contributed by atoms with Crippen molar-refractivity contribution in [3.05, 3.63) is 40.8 Å². The fourth-order valence-electron chi connectivity index (χ4n) is 1.42. The molecule has 0 aliphatic heterocycles. The van der Waals surface area contributed by atoms with E-state index in [2.05, 4.69) is 25.7 Å². The van der Waals surface area contributed by atoms with Crippen LogP contribution in [-0.4, -0.2) is 15.0 Å². The summed E-state index contributed by atoms with van der Waals surface area (Å²) in [5, 5.41) is 5.09. The van der Waals surface area contributed by atoms with E-state index in [4.69, 9.17) is 0 Å². The van der Waals surface area contributed by atoms with Crippen LogP contribution in [0.15, 0.2) is 40.3 Å². The van der Waals surface area contributed by atoms with Crippen molar-refractivity contribution >= 4 is 34.1 Å². The smallest absolute Gasteiger partial charge is 0.166 e. The Morgan fingerprint density at radius 1 is 1.31 bits per heavy atom. The number of H-pyrrole nitrogens is 1. The number of imidazole rings is 1. The lowest BCUT2D eigenvalue weighted by atomic mass is 10.4. The lowest BCUT2D eigenvalue weighted by Gasteiger charge is -1.96. The molecule has 3 aromatic rings. The van der Waals surface area contributed by atoms with Gasteiger partial charge in [0.25, 0.3) is 0 Å². The SMILES string of the molecule is c1ccc(CSc2nc3cscc3[nH]2)nc1. The third-order valence-corrected chi connectivity index (χ3v) is 3.83. The van der Waals surface area contributed by atoms with Crippen molar-refractivity contribution in [2.24, 2.45) is 0 Å². The Labute approximate surface area is 101 Å². The summed E-state index contributed by atoms with van der Waals surface area (Å²) in [7, 11) is 0. The molecule has 3 rings (SSSR count). The zero-order valence-electron chi connectivity index (χ0n) is 8.38. The van der Waals surface area contributed by atoms with Crippen molar-refractivity contribution in [2.75, 3.05) is 0 Å². The monoisotopic (exact) mass is 247 g/mol. The van der Waals surface area contributed by atoms with E-state index in [1.165, 1.54) is 0 Å². The zero-order chi connectivity index (χ0) is 10.8. The molecule has 0 saturated heterocycles. The van der Waals surface area contributed by atoms with Gasteiger partial charge in [0.1, 0.15) is 5.52 Å². The maximum absolute atomic E-state index is 4.48. The summed E-state index contributed by atoms with van der Waals surface area (Å²) < 4.78 is 0. The Balaban J connectivity index is 1.74. The Bertz CT molecular complexity index is 557. The minimum atomic E-state index is 0.848. The summed E-state index contributed by atoms with van der Waals surface area (Å²) in [6.45, 7) is 0. The molecule has 0 saturated carbocycles. The Kier molecular flexibility index (Phi) is 2.63. The van der Waals surface area contributed by atoms with Gasteiger partial charge in [-0.15, -0.1) is 11.3 Å². The van der Waals surface area contributed by atoms with Gasteiger partial charge in [-0.05, 0) is 12.1 Å². The molecule has 0 bridgehead atoms. The Morgan fingerprint density at radius 2 is 2.31 bits per heavy atom. The molecule has 1 N–H and O–H groups in total. The van der Waals surface area contributed by atoms with E-state index in [1.54, 1.807) is 23.1 Å². The number of nitrogens with one attached hydrogen (secondary N) is 1. The van der Waals surface area contributed by atoms with Crippen LogP contribution in [0.25, 0.3) is 11.0 Å². The molecule has 0 aliphatic carbocycles. The molecule has 0 amide bonds. The predicted molar refractivity (Wildman–Crippen MR) is 67.8 cm³/mol. The molecule has 0 aromatic carbocycles. The number of nitrogens with zero attached hydrogens (tertiary/aromatic N) is 2. The van der Waals surface area contributed by atoms with Crippen molar-refractivity contribution in [3.8, 4) is 0 Å². The number of aromatic nitrogens is 3. The Hall–Kier alpha value is -1.33. The highest BCUT2D eigenvalue weighted by Gasteiger charge is 2.04. The number of aromatic amines is 1. The van der Waals surface area contributed by atoms with E-state index in [0.29, 0.717) is 0 Å². The second-order valence-electron chi connectivity index (χ2n) is 3.32. The second kappa shape index (κ2) is 4.27. The molecular weight excluding hydrogens is 238 g/mol. The van der Waals surface area contributed by atoms with E-state index < -0.39 is 0 Å². The summed E-state index contributed by atoms with van der Waals surface area (Å²) in [5.74, 6) is 0.848. The maximum atomic E-state index is 4.48. The third kappa shape index (κ3) is 1.96. The van der Waals surface area contributed by atoms with Gasteiger partial charge in [-0.1, -0.05) is 17.8 Å². The van der Waals surface area contributed by atoms with Crippen LogP contribution < -0.4 is 0 Å². The summed E-state index contributed by atoms with van der Waals surface area (Å²) in [6.07, 6.45) is 1.82. The molecular formula is C11H9N3S2. The number of fused-ring (bicyclic) bond motifs is 1. The number of pyridine rings is 1. The predicted octanol–water partition coefficient (Wildman–Crippen LogP) is 3.31. The first-order chi connectivity index (χ1) is 7.92. The first kappa shape index (κ1) is 9.86. The molecule has 0 radical (unpaired) electrons. The fourth-order valence-corrected chi connectivity index (χ4v) is 2.91. The molecule has 0 fully saturated rings. The van der Waals surface area contributed by atoms with Gasteiger partial charge in [0.2, 0.25) is 0 Å². The van der Waals surface area contributed by atoms with Crippen molar-refractivity contribution < 1.29 is 0 Å². The molecule has 3 aromatic heterocycles. The molecule has 0 atom stereocenters. The molecule has 16 heavy (non-hydrogen) atoms. The summed E-state index contributed by atoms with van der Waals surface area (Å²) >= 11 is 3.35. The number of hydrogen-bond donors (Lipinski definition) is 1. The van der Waals surface area contributed by atoms with Gasteiger partial charge < -0.3 is 4.98 Å². The van der Waals surface area contributed by atoms with Crippen LogP contribution in [0.3, 0.4) is 0 Å². The minimum absolute atomic E-state index is 0.848. The first-order valence-corrected chi connectivity index (χ1v) is 6.79. The van der Waals surface area contributed by atoms with Crippen LogP contribution in [0.1, 0.15) is 5.69 Å². The third-order valence-electron chi connectivity index (χ3n) is 2.19. The highest BCUT2D eigenvalue weighted by Crippen LogP contribution is 2.24. The quantitative estimate of drug-likeness (QED) is 0.722. The van der Waals surface area contributed by atoms with Crippen LogP contribution >= 0.6 is 23.1 Å². The highest BCUT2D eigenvalue weighted by molar-refractivity contribution is 7.98. The minimum Gasteiger partial charge on any atom is -0.332 e. The van der Waals surface area contributed by atoms with Gasteiger partial charge in [-0.25, -0.2) is 4.98 Å². The van der Waals surface area contributed by atoms with Gasteiger partial charge in [0.05, 0.1) is 11.2 Å². The molecule has 5 heteroatoms. The van der Waals surface area contributed by atoms with Crippen molar-refractivity contribution in [3.63, 3.8) is 0 Å². The molecule has 0 spiro atoms. The molecule has 0 aliphatic rings. The topological polar surface area (TPSA) is 41.6 Å². The summed E-state index contributed by atoms with van der Waals surface area (Å²) in [5.41, 5.74) is 3.24. The first-order valence-electron chi connectivity index (χ1n) is 4.86. The van der Waals surface area contributed by atoms with Crippen molar-refractivity contribution in [1.29, 1.82) is 0 Å². The van der Waals surface area contributed by atoms with Gasteiger partial charge in [0, 0.05) is 22.7 Å². The van der Waals surface area contributed by atoms with Gasteiger partial charge in [-0.3, -0.25) is 4.98 Å². The average molecular weight is 247 g/mol. The highest BCUT2D eigenvalue weighted by atomic mass is 32.2. The number of hydrogen-bond acceptors (Lipinski definition) is 4. The van der Waals surface area contributed by atoms with E-state index in [0.717, 1.165) is 27.6 Å².